The molecule has 124 valence electrons. The van der Waals surface area contributed by atoms with Gasteiger partial charge in [0.2, 0.25) is 5.82 Å². The van der Waals surface area contributed by atoms with E-state index in [1.807, 2.05) is 43.3 Å². The first-order valence-corrected chi connectivity index (χ1v) is 7.66. The fraction of sp³-hybridized carbons (Fsp3) is 0.118. The molecule has 2 N–H and O–H groups in total. The molecule has 3 heterocycles. The summed E-state index contributed by atoms with van der Waals surface area (Å²) < 4.78 is 1.69. The quantitative estimate of drug-likeness (QED) is 0.613. The van der Waals surface area contributed by atoms with Crippen LogP contribution in [0.2, 0.25) is 0 Å². The topological polar surface area (TPSA) is 105 Å². The van der Waals surface area contributed by atoms with E-state index >= 15 is 0 Å². The Morgan fingerprint density at radius 1 is 1.12 bits per heavy atom. The van der Waals surface area contributed by atoms with Crippen LogP contribution in [0.4, 0.5) is 0 Å². The van der Waals surface area contributed by atoms with E-state index in [0.717, 1.165) is 16.9 Å². The Kier molecular flexibility index (Phi) is 3.31. The molecule has 0 bridgehead atoms. The molecule has 0 unspecified atom stereocenters. The molecule has 0 saturated carbocycles. The fourth-order valence-corrected chi connectivity index (χ4v) is 2.80. The number of fused-ring (bicyclic) bond motifs is 1. The maximum Gasteiger partial charge on any atom is 0.285 e. The van der Waals surface area contributed by atoms with Gasteiger partial charge in [0.05, 0.1) is 23.3 Å². The van der Waals surface area contributed by atoms with Gasteiger partial charge < -0.3 is 5.73 Å². The Morgan fingerprint density at radius 2 is 1.92 bits per heavy atom. The number of imidazole rings is 1. The Balaban J connectivity index is 1.97. The highest BCUT2D eigenvalue weighted by atomic mass is 16.1. The number of aryl methyl sites for hydroxylation is 2. The molecule has 1 amide bonds. The number of amides is 1. The Labute approximate surface area is 142 Å². The summed E-state index contributed by atoms with van der Waals surface area (Å²) in [6, 6.07) is 11.2. The smallest absolute Gasteiger partial charge is 0.285 e. The number of carbonyl (C=O) groups excluding carboxylic acids is 1. The third-order valence-corrected chi connectivity index (χ3v) is 3.86. The maximum absolute atomic E-state index is 11.9. The number of nitrogens with zero attached hydrogens (tertiary/aromatic N) is 6. The van der Waals surface area contributed by atoms with Gasteiger partial charge in [0.1, 0.15) is 11.0 Å². The number of hydrogen-bond donors (Lipinski definition) is 1. The fourth-order valence-electron chi connectivity index (χ4n) is 2.80. The lowest BCUT2D eigenvalue weighted by Gasteiger charge is -2.10. The van der Waals surface area contributed by atoms with Crippen molar-refractivity contribution in [1.29, 1.82) is 0 Å². The predicted molar refractivity (Wildman–Crippen MR) is 92.1 cm³/mol. The van der Waals surface area contributed by atoms with E-state index in [-0.39, 0.29) is 5.82 Å². The number of carbonyl (C=O) groups is 1. The number of aromatic nitrogens is 6. The number of rotatable bonds is 3. The van der Waals surface area contributed by atoms with Crippen LogP contribution in [0.25, 0.3) is 28.1 Å². The SMILES string of the molecule is Cc1cccc(-c2cnc(C(N)=O)n2-c2ccc3nn(C)nc3c2)n1. The highest BCUT2D eigenvalue weighted by molar-refractivity contribution is 5.91. The molecule has 0 saturated heterocycles. The van der Waals surface area contributed by atoms with Crippen LogP contribution in [0.5, 0.6) is 0 Å². The molecule has 0 aliphatic carbocycles. The molecule has 1 aromatic carbocycles. The molecule has 0 spiro atoms. The van der Waals surface area contributed by atoms with Gasteiger partial charge in [0, 0.05) is 12.7 Å². The molecule has 0 radical (unpaired) electrons. The lowest BCUT2D eigenvalue weighted by Crippen LogP contribution is -2.18. The molecule has 4 rings (SSSR count). The minimum absolute atomic E-state index is 0.140. The molecule has 0 fully saturated rings. The highest BCUT2D eigenvalue weighted by Gasteiger charge is 2.19. The van der Waals surface area contributed by atoms with Crippen LogP contribution in [0.3, 0.4) is 0 Å². The van der Waals surface area contributed by atoms with Crippen molar-refractivity contribution in [2.75, 3.05) is 0 Å². The van der Waals surface area contributed by atoms with E-state index < -0.39 is 5.91 Å². The average Bonchev–Trinajstić information content (AvgIpc) is 3.16. The molecule has 4 aromatic rings. The summed E-state index contributed by atoms with van der Waals surface area (Å²) in [6.07, 6.45) is 1.60. The standard InChI is InChI=1S/C17H15N7O/c1-10-4-3-5-13(20-10)15-9-19-17(16(18)25)24(15)11-6-7-12-14(8-11)22-23(2)21-12/h3-9H,1-2H3,(H2,18,25). The first-order valence-electron chi connectivity index (χ1n) is 7.66. The zero-order chi connectivity index (χ0) is 17.6. The second-order valence-electron chi connectivity index (χ2n) is 5.69. The van der Waals surface area contributed by atoms with Crippen molar-refractivity contribution in [3.63, 3.8) is 0 Å². The number of primary amides is 1. The Hall–Kier alpha value is -3.55. The van der Waals surface area contributed by atoms with Crippen LogP contribution in [-0.4, -0.2) is 35.4 Å². The van der Waals surface area contributed by atoms with Crippen molar-refractivity contribution >= 4 is 16.9 Å². The van der Waals surface area contributed by atoms with Crippen molar-refractivity contribution < 1.29 is 4.79 Å². The molecule has 0 aliphatic rings. The van der Waals surface area contributed by atoms with Gasteiger partial charge in [0.15, 0.2) is 0 Å². The van der Waals surface area contributed by atoms with Crippen molar-refractivity contribution in [2.45, 2.75) is 6.92 Å². The molecule has 8 nitrogen and oxygen atoms in total. The third-order valence-electron chi connectivity index (χ3n) is 3.86. The molecular weight excluding hydrogens is 318 g/mol. The van der Waals surface area contributed by atoms with Gasteiger partial charge in [-0.05, 0) is 37.3 Å². The van der Waals surface area contributed by atoms with Crippen LogP contribution < -0.4 is 5.73 Å². The minimum Gasteiger partial charge on any atom is -0.363 e. The van der Waals surface area contributed by atoms with Gasteiger partial charge in [-0.3, -0.25) is 14.3 Å². The number of hydrogen-bond acceptors (Lipinski definition) is 5. The zero-order valence-electron chi connectivity index (χ0n) is 13.7. The van der Waals surface area contributed by atoms with E-state index in [2.05, 4.69) is 20.2 Å². The summed E-state index contributed by atoms with van der Waals surface area (Å²) in [4.78, 5) is 22.1. The number of nitrogens with two attached hydrogens (primary N) is 1. The van der Waals surface area contributed by atoms with Crippen molar-refractivity contribution in [2.24, 2.45) is 12.8 Å². The van der Waals surface area contributed by atoms with Crippen molar-refractivity contribution in [1.82, 2.24) is 29.5 Å². The summed E-state index contributed by atoms with van der Waals surface area (Å²) in [5.41, 5.74) is 9.98. The van der Waals surface area contributed by atoms with Gasteiger partial charge in [-0.1, -0.05) is 6.07 Å². The zero-order valence-corrected chi connectivity index (χ0v) is 13.7. The summed E-state index contributed by atoms with van der Waals surface area (Å²) in [5.74, 6) is -0.473. The van der Waals surface area contributed by atoms with Gasteiger partial charge in [-0.15, -0.1) is 0 Å². The number of benzene rings is 1. The van der Waals surface area contributed by atoms with Crippen LogP contribution in [0, 0.1) is 6.92 Å². The normalized spacial score (nSPS) is 11.1. The molecule has 3 aromatic heterocycles. The average molecular weight is 333 g/mol. The predicted octanol–water partition coefficient (Wildman–Crippen LogP) is 1.62. The van der Waals surface area contributed by atoms with E-state index in [0.29, 0.717) is 16.9 Å². The van der Waals surface area contributed by atoms with Gasteiger partial charge >= 0.3 is 0 Å². The molecular formula is C17H15N7O. The van der Waals surface area contributed by atoms with Crippen molar-refractivity contribution in [3.05, 3.63) is 54.1 Å². The van der Waals surface area contributed by atoms with E-state index in [1.54, 1.807) is 17.8 Å². The maximum atomic E-state index is 11.9. The van der Waals surface area contributed by atoms with Crippen LogP contribution >= 0.6 is 0 Å². The van der Waals surface area contributed by atoms with E-state index in [1.165, 1.54) is 4.80 Å². The Morgan fingerprint density at radius 3 is 2.68 bits per heavy atom. The largest absolute Gasteiger partial charge is 0.363 e. The second-order valence-corrected chi connectivity index (χ2v) is 5.69. The summed E-state index contributed by atoms with van der Waals surface area (Å²) in [5, 5.41) is 8.58. The minimum atomic E-state index is -0.613. The molecule has 0 aliphatic heterocycles. The summed E-state index contributed by atoms with van der Waals surface area (Å²) in [6.45, 7) is 1.91. The summed E-state index contributed by atoms with van der Waals surface area (Å²) in [7, 11) is 1.76. The van der Waals surface area contributed by atoms with Crippen LogP contribution in [-0.2, 0) is 7.05 Å². The first kappa shape index (κ1) is 15.0. The lowest BCUT2D eigenvalue weighted by atomic mass is 10.2. The molecule has 8 heteroatoms. The summed E-state index contributed by atoms with van der Waals surface area (Å²) >= 11 is 0. The van der Waals surface area contributed by atoms with E-state index in [9.17, 15) is 4.79 Å². The van der Waals surface area contributed by atoms with Crippen LogP contribution in [0.1, 0.15) is 16.3 Å². The van der Waals surface area contributed by atoms with Crippen molar-refractivity contribution in [3.8, 4) is 17.1 Å². The van der Waals surface area contributed by atoms with Gasteiger partial charge in [-0.2, -0.15) is 15.0 Å². The lowest BCUT2D eigenvalue weighted by molar-refractivity contribution is 0.0989. The first-order chi connectivity index (χ1) is 12.0. The van der Waals surface area contributed by atoms with Gasteiger partial charge in [-0.25, -0.2) is 4.98 Å². The second kappa shape index (κ2) is 5.52. The van der Waals surface area contributed by atoms with Crippen LogP contribution in [0.15, 0.2) is 42.6 Å². The highest BCUT2D eigenvalue weighted by Crippen LogP contribution is 2.25. The monoisotopic (exact) mass is 333 g/mol. The third kappa shape index (κ3) is 2.53. The molecule has 25 heavy (non-hydrogen) atoms. The number of pyridine rings is 1. The Bertz CT molecular complexity index is 1110. The molecule has 0 atom stereocenters. The van der Waals surface area contributed by atoms with Gasteiger partial charge in [0.25, 0.3) is 5.91 Å². The van der Waals surface area contributed by atoms with E-state index in [4.69, 9.17) is 5.73 Å².